The van der Waals surface area contributed by atoms with Gasteiger partial charge in [-0.15, -0.1) is 0 Å². The second-order valence-corrected chi connectivity index (χ2v) is 15.8. The van der Waals surface area contributed by atoms with Crippen molar-refractivity contribution in [1.29, 1.82) is 0 Å². The van der Waals surface area contributed by atoms with Crippen LogP contribution in [-0.2, 0) is 35.3 Å². The lowest BCUT2D eigenvalue weighted by Gasteiger charge is -2.24. The highest BCUT2D eigenvalue weighted by Crippen LogP contribution is 2.23. The van der Waals surface area contributed by atoms with Gasteiger partial charge in [-0.1, -0.05) is 59.6 Å². The van der Waals surface area contributed by atoms with Gasteiger partial charge in [-0.25, -0.2) is 9.59 Å². The topological polar surface area (TPSA) is 186 Å². The van der Waals surface area contributed by atoms with Gasteiger partial charge in [0.05, 0.1) is 18.0 Å². The van der Waals surface area contributed by atoms with Crippen molar-refractivity contribution in [3.8, 4) is 0 Å². The number of esters is 1. The van der Waals surface area contributed by atoms with Crippen molar-refractivity contribution in [3.05, 3.63) is 29.8 Å². The van der Waals surface area contributed by atoms with Crippen LogP contribution in [0.5, 0.6) is 0 Å². The molecule has 1 rings (SSSR count). The SMILES string of the molecule is CC(C)[C@H](NC(=O)CCCCCC(C)(C)C)C(=O)C[C@@H](CCCNC(N)=O)C(=O)Nc1ccc(COC(=O)N(C)CCOC(=O)C(C)(C)C)cc1. The summed E-state index contributed by atoms with van der Waals surface area (Å²) in [4.78, 5) is 76.5. The lowest BCUT2D eigenvalue weighted by Crippen LogP contribution is -2.45. The molecule has 0 unspecified atom stereocenters. The van der Waals surface area contributed by atoms with Gasteiger partial charge in [-0.3, -0.25) is 19.2 Å². The van der Waals surface area contributed by atoms with Gasteiger partial charge in [0, 0.05) is 38.0 Å². The van der Waals surface area contributed by atoms with Gasteiger partial charge >= 0.3 is 18.1 Å². The number of hydrogen-bond acceptors (Lipinski definition) is 8. The molecule has 5 N–H and O–H groups in total. The summed E-state index contributed by atoms with van der Waals surface area (Å²) in [6.07, 6.45) is 4.19. The van der Waals surface area contributed by atoms with Crippen molar-refractivity contribution in [2.75, 3.05) is 32.1 Å². The first-order valence-corrected chi connectivity index (χ1v) is 18.0. The molecule has 0 aliphatic rings. The maximum absolute atomic E-state index is 13.5. The summed E-state index contributed by atoms with van der Waals surface area (Å²) < 4.78 is 10.6. The standard InChI is InChI=1S/C38H63N5O8/c1-26(2)32(42-31(45)15-11-10-12-20-37(3,4)5)30(44)24-28(14-13-21-40-35(39)48)33(46)41-29-18-16-27(17-19-29)25-51-36(49)43(9)22-23-50-34(47)38(6,7)8/h16-19,26,28,32H,10-15,20-25H2,1-9H3,(H,41,46)(H,42,45)(H3,39,40,48)/t28-,32+/m1/s1. The highest BCUT2D eigenvalue weighted by atomic mass is 16.6. The Labute approximate surface area is 304 Å². The van der Waals surface area contributed by atoms with E-state index in [2.05, 4.69) is 36.7 Å². The molecule has 0 aliphatic heterocycles. The van der Waals surface area contributed by atoms with Crippen LogP contribution >= 0.6 is 0 Å². The van der Waals surface area contributed by atoms with Crippen molar-refractivity contribution >= 4 is 41.4 Å². The minimum atomic E-state index is -0.731. The quantitative estimate of drug-likeness (QED) is 0.0888. The zero-order valence-corrected chi connectivity index (χ0v) is 32.3. The Bertz CT molecular complexity index is 1280. The number of ketones is 1. The number of carbonyl (C=O) groups is 6. The summed E-state index contributed by atoms with van der Waals surface area (Å²) in [5, 5.41) is 8.27. The summed E-state index contributed by atoms with van der Waals surface area (Å²) in [7, 11) is 1.55. The third kappa shape index (κ3) is 19.7. The molecular weight excluding hydrogens is 654 g/mol. The Morgan fingerprint density at radius 2 is 1.53 bits per heavy atom. The number of anilines is 1. The number of Topliss-reactive ketones (excluding diaryl/α,β-unsaturated/α-hetero) is 1. The number of likely N-dealkylation sites (N-methyl/N-ethyl adjacent to an activating group) is 1. The fourth-order valence-corrected chi connectivity index (χ4v) is 5.00. The molecule has 0 saturated heterocycles. The first-order chi connectivity index (χ1) is 23.7. The highest BCUT2D eigenvalue weighted by Gasteiger charge is 2.29. The van der Waals surface area contributed by atoms with E-state index in [-0.39, 0.29) is 67.6 Å². The Morgan fingerprint density at radius 3 is 2.10 bits per heavy atom. The molecule has 0 aliphatic carbocycles. The third-order valence-corrected chi connectivity index (χ3v) is 8.18. The van der Waals surface area contributed by atoms with Crippen LogP contribution in [0, 0.1) is 22.7 Å². The van der Waals surface area contributed by atoms with Crippen LogP contribution in [0.25, 0.3) is 0 Å². The minimum Gasteiger partial charge on any atom is -0.463 e. The van der Waals surface area contributed by atoms with E-state index in [1.54, 1.807) is 52.1 Å². The van der Waals surface area contributed by atoms with Crippen molar-refractivity contribution in [2.45, 2.75) is 119 Å². The van der Waals surface area contributed by atoms with Crippen molar-refractivity contribution in [3.63, 3.8) is 0 Å². The smallest absolute Gasteiger partial charge is 0.409 e. The monoisotopic (exact) mass is 717 g/mol. The number of nitrogens with one attached hydrogen (secondary N) is 3. The fourth-order valence-electron chi connectivity index (χ4n) is 5.00. The second-order valence-electron chi connectivity index (χ2n) is 15.8. The van der Waals surface area contributed by atoms with Crippen molar-refractivity contribution < 1.29 is 38.2 Å². The van der Waals surface area contributed by atoms with Gasteiger partial charge in [0.15, 0.2) is 5.78 Å². The number of nitrogens with two attached hydrogens (primary N) is 1. The number of unbranched alkanes of at least 4 members (excludes halogenated alkanes) is 2. The van der Waals surface area contributed by atoms with Crippen LogP contribution < -0.4 is 21.7 Å². The number of nitrogens with zero attached hydrogens (tertiary/aromatic N) is 1. The summed E-state index contributed by atoms with van der Waals surface area (Å²) in [5.41, 5.74) is 5.97. The summed E-state index contributed by atoms with van der Waals surface area (Å²) in [5.74, 6) is -2.03. The second kappa shape index (κ2) is 21.9. The number of primary amides is 1. The predicted molar refractivity (Wildman–Crippen MR) is 198 cm³/mol. The van der Waals surface area contributed by atoms with Crippen LogP contribution in [0.3, 0.4) is 0 Å². The molecule has 2 atom stereocenters. The molecular formula is C38H63N5O8. The predicted octanol–water partition coefficient (Wildman–Crippen LogP) is 5.94. The fraction of sp³-hybridized carbons (Fsp3) is 0.684. The lowest BCUT2D eigenvalue weighted by molar-refractivity contribution is -0.153. The molecule has 288 valence electrons. The molecule has 0 bridgehead atoms. The van der Waals surface area contributed by atoms with Gasteiger partial charge in [0.1, 0.15) is 13.2 Å². The summed E-state index contributed by atoms with van der Waals surface area (Å²) >= 11 is 0. The Hall–Kier alpha value is -4.16. The maximum atomic E-state index is 13.5. The molecule has 13 heteroatoms. The van der Waals surface area contributed by atoms with E-state index in [0.717, 1.165) is 25.7 Å². The van der Waals surface area contributed by atoms with Crippen molar-refractivity contribution in [2.24, 2.45) is 28.4 Å². The zero-order chi connectivity index (χ0) is 38.8. The van der Waals surface area contributed by atoms with Gasteiger partial charge in [-0.2, -0.15) is 0 Å². The van der Waals surface area contributed by atoms with Crippen molar-refractivity contribution in [1.82, 2.24) is 15.5 Å². The molecule has 0 spiro atoms. The molecule has 5 amide bonds. The number of hydrogen-bond donors (Lipinski definition) is 4. The first kappa shape index (κ1) is 44.9. The average molecular weight is 718 g/mol. The summed E-state index contributed by atoms with van der Waals surface area (Å²) in [6.45, 7) is 16.0. The van der Waals surface area contributed by atoms with E-state index < -0.39 is 29.5 Å². The molecule has 51 heavy (non-hydrogen) atoms. The van der Waals surface area contributed by atoms with Gasteiger partial charge in [-0.05, 0) is 75.5 Å². The van der Waals surface area contributed by atoms with Gasteiger partial charge in [0.25, 0.3) is 0 Å². The third-order valence-electron chi connectivity index (χ3n) is 8.18. The van der Waals surface area contributed by atoms with E-state index in [9.17, 15) is 28.8 Å². The Morgan fingerprint density at radius 1 is 0.882 bits per heavy atom. The Balaban J connectivity index is 2.79. The van der Waals surface area contributed by atoms with Crippen LogP contribution in [0.2, 0.25) is 0 Å². The normalized spacial score (nSPS) is 12.7. The molecule has 0 aromatic heterocycles. The number of ether oxygens (including phenoxy) is 2. The average Bonchev–Trinajstić information content (AvgIpc) is 3.02. The first-order valence-electron chi connectivity index (χ1n) is 18.0. The molecule has 1 aromatic rings. The van der Waals surface area contributed by atoms with E-state index in [1.165, 1.54) is 4.90 Å². The number of urea groups is 1. The van der Waals surface area contributed by atoms with Crippen LogP contribution in [-0.4, -0.2) is 73.4 Å². The summed E-state index contributed by atoms with van der Waals surface area (Å²) in [6, 6.07) is 5.35. The zero-order valence-electron chi connectivity index (χ0n) is 32.3. The van der Waals surface area contributed by atoms with Gasteiger partial charge < -0.3 is 36.1 Å². The molecule has 0 saturated carbocycles. The van der Waals surface area contributed by atoms with Gasteiger partial charge in [0.2, 0.25) is 11.8 Å². The largest absolute Gasteiger partial charge is 0.463 e. The Kier molecular flexibility index (Phi) is 19.3. The molecule has 1 aromatic carbocycles. The van der Waals surface area contributed by atoms with Crippen LogP contribution in [0.15, 0.2) is 24.3 Å². The molecule has 0 heterocycles. The lowest BCUT2D eigenvalue weighted by atomic mass is 9.89. The molecule has 13 nitrogen and oxygen atoms in total. The molecule has 0 fully saturated rings. The minimum absolute atomic E-state index is 0.0115. The van der Waals surface area contributed by atoms with E-state index in [1.807, 2.05) is 13.8 Å². The van der Waals surface area contributed by atoms with Crippen LogP contribution in [0.4, 0.5) is 15.3 Å². The van der Waals surface area contributed by atoms with E-state index >= 15 is 0 Å². The molecule has 0 radical (unpaired) electrons. The number of amides is 5. The maximum Gasteiger partial charge on any atom is 0.409 e. The number of rotatable bonds is 21. The highest BCUT2D eigenvalue weighted by molar-refractivity contribution is 5.97. The van der Waals surface area contributed by atoms with E-state index in [4.69, 9.17) is 15.2 Å². The number of benzene rings is 1. The van der Waals surface area contributed by atoms with E-state index in [0.29, 0.717) is 30.5 Å². The van der Waals surface area contributed by atoms with Crippen LogP contribution in [0.1, 0.15) is 112 Å². The number of carbonyl (C=O) groups excluding carboxylic acids is 6.